The first-order valence-corrected chi connectivity index (χ1v) is 11.9. The van der Waals surface area contributed by atoms with E-state index in [4.69, 9.17) is 43.1 Å². The standard InChI is InChI=1S/C24H23Cl2N5O4/c25-14-10-15(21(17(26)11-14)34-24(32)31-6-8-33-9-7-31)18-16(12-27)22(28)35-23-19(18)20(29-30-23)13-4-2-1-3-5-13/h1-5,10-11,18-20,23,29-30H,6-9,28H2. The fraction of sp³-hybridized carbons (Fsp3) is 0.333. The number of morpholine rings is 1. The Morgan fingerprint density at radius 3 is 2.63 bits per heavy atom. The maximum atomic E-state index is 13.0. The Hall–Kier alpha value is -3.00. The van der Waals surface area contributed by atoms with Gasteiger partial charge in [0.05, 0.1) is 29.9 Å². The summed E-state index contributed by atoms with van der Waals surface area (Å²) < 4.78 is 17.0. The van der Waals surface area contributed by atoms with E-state index in [2.05, 4.69) is 16.9 Å². The SMILES string of the molecule is N#CC1=C(N)OC2NNC(c3ccccc3)C2C1c1cc(Cl)cc(Cl)c1OC(=O)N1CCOCC1. The molecule has 3 aliphatic heterocycles. The van der Waals surface area contributed by atoms with Crippen LogP contribution in [0.25, 0.3) is 0 Å². The molecule has 3 aliphatic rings. The average Bonchev–Trinajstić information content (AvgIpc) is 3.29. The number of halogens is 2. The number of hydrazine groups is 1. The van der Waals surface area contributed by atoms with Crippen molar-refractivity contribution in [3.63, 3.8) is 0 Å². The third-order valence-electron chi connectivity index (χ3n) is 6.44. The highest BCUT2D eigenvalue weighted by atomic mass is 35.5. The van der Waals surface area contributed by atoms with Gasteiger partial charge in [0.2, 0.25) is 5.88 Å². The summed E-state index contributed by atoms with van der Waals surface area (Å²) in [6, 6.07) is 14.9. The fourth-order valence-electron chi connectivity index (χ4n) is 4.83. The van der Waals surface area contributed by atoms with E-state index in [0.717, 1.165) is 5.56 Å². The van der Waals surface area contributed by atoms with Gasteiger partial charge in [0.25, 0.3) is 0 Å². The van der Waals surface area contributed by atoms with Crippen LogP contribution < -0.4 is 21.3 Å². The van der Waals surface area contributed by atoms with Crippen molar-refractivity contribution < 1.29 is 19.0 Å². The molecule has 0 saturated carbocycles. The van der Waals surface area contributed by atoms with Crippen LogP contribution in [0.4, 0.5) is 4.79 Å². The van der Waals surface area contributed by atoms with Gasteiger partial charge in [0.1, 0.15) is 6.07 Å². The molecule has 2 saturated heterocycles. The van der Waals surface area contributed by atoms with Crippen LogP contribution in [-0.4, -0.2) is 43.5 Å². The lowest BCUT2D eigenvalue weighted by Gasteiger charge is -2.36. The van der Waals surface area contributed by atoms with Crippen LogP contribution in [-0.2, 0) is 9.47 Å². The number of nitrogens with two attached hydrogens (primary N) is 1. The number of allylic oxidation sites excluding steroid dienone is 1. The maximum absolute atomic E-state index is 13.0. The molecule has 2 aromatic rings. The van der Waals surface area contributed by atoms with Gasteiger partial charge in [-0.25, -0.2) is 15.6 Å². The maximum Gasteiger partial charge on any atom is 0.415 e. The lowest BCUT2D eigenvalue weighted by molar-refractivity contribution is 0.0330. The number of rotatable bonds is 3. The number of benzene rings is 2. The van der Waals surface area contributed by atoms with E-state index >= 15 is 0 Å². The Morgan fingerprint density at radius 1 is 1.17 bits per heavy atom. The lowest BCUT2D eigenvalue weighted by atomic mass is 9.74. The number of nitrogens with zero attached hydrogens (tertiary/aromatic N) is 2. The van der Waals surface area contributed by atoms with Gasteiger partial charge in [-0.1, -0.05) is 53.5 Å². The third kappa shape index (κ3) is 4.51. The number of nitriles is 1. The molecule has 0 radical (unpaired) electrons. The Morgan fingerprint density at radius 2 is 1.91 bits per heavy atom. The summed E-state index contributed by atoms with van der Waals surface area (Å²) in [4.78, 5) is 14.5. The molecule has 0 aliphatic carbocycles. The summed E-state index contributed by atoms with van der Waals surface area (Å²) in [7, 11) is 0. The lowest BCUT2D eigenvalue weighted by Crippen LogP contribution is -2.43. The minimum Gasteiger partial charge on any atom is -0.458 e. The number of hydrogen-bond acceptors (Lipinski definition) is 8. The van der Waals surface area contributed by atoms with Gasteiger partial charge in [-0.2, -0.15) is 5.26 Å². The second kappa shape index (κ2) is 9.93. The van der Waals surface area contributed by atoms with Gasteiger partial charge in [-0.15, -0.1) is 0 Å². The first-order valence-electron chi connectivity index (χ1n) is 11.1. The zero-order valence-corrected chi connectivity index (χ0v) is 20.1. The number of fused-ring (bicyclic) bond motifs is 1. The summed E-state index contributed by atoms with van der Waals surface area (Å²) in [5.74, 6) is -0.842. The van der Waals surface area contributed by atoms with Crippen molar-refractivity contribution in [2.75, 3.05) is 26.3 Å². The van der Waals surface area contributed by atoms with Crippen molar-refractivity contribution in [2.24, 2.45) is 11.7 Å². The number of ether oxygens (including phenoxy) is 3. The minimum atomic E-state index is -0.629. The summed E-state index contributed by atoms with van der Waals surface area (Å²) in [5, 5.41) is 10.6. The van der Waals surface area contributed by atoms with Gasteiger partial charge >= 0.3 is 6.09 Å². The normalized spacial score (nSPS) is 26.0. The Kier molecular flexibility index (Phi) is 6.73. The van der Waals surface area contributed by atoms with E-state index in [1.54, 1.807) is 11.0 Å². The molecule has 2 fully saturated rings. The fourth-order valence-corrected chi connectivity index (χ4v) is 5.38. The molecule has 3 heterocycles. The zero-order chi connectivity index (χ0) is 24.5. The summed E-state index contributed by atoms with van der Waals surface area (Å²) >= 11 is 13.0. The second-order valence-corrected chi connectivity index (χ2v) is 9.28. The number of amides is 1. The molecule has 0 spiro atoms. The smallest absolute Gasteiger partial charge is 0.415 e. The quantitative estimate of drug-likeness (QED) is 0.568. The van der Waals surface area contributed by atoms with E-state index in [1.807, 2.05) is 30.3 Å². The molecule has 4 unspecified atom stereocenters. The van der Waals surface area contributed by atoms with Crippen molar-refractivity contribution in [3.05, 3.63) is 75.1 Å². The molecule has 0 aromatic heterocycles. The molecule has 4 N–H and O–H groups in total. The molecule has 2 aromatic carbocycles. The van der Waals surface area contributed by atoms with Crippen molar-refractivity contribution >= 4 is 29.3 Å². The highest BCUT2D eigenvalue weighted by Gasteiger charge is 2.50. The Bertz CT molecular complexity index is 1200. The van der Waals surface area contributed by atoms with Crippen LogP contribution in [0.5, 0.6) is 5.75 Å². The molecule has 4 atom stereocenters. The van der Waals surface area contributed by atoms with Gasteiger partial charge < -0.3 is 24.8 Å². The molecule has 11 heteroatoms. The number of carbonyl (C=O) groups excluding carboxylic acids is 1. The highest BCUT2D eigenvalue weighted by Crippen LogP contribution is 2.51. The number of hydrogen-bond donors (Lipinski definition) is 3. The van der Waals surface area contributed by atoms with E-state index in [1.165, 1.54) is 6.07 Å². The molecule has 182 valence electrons. The van der Waals surface area contributed by atoms with Crippen LogP contribution in [0.3, 0.4) is 0 Å². The van der Waals surface area contributed by atoms with Crippen molar-refractivity contribution in [1.82, 2.24) is 15.8 Å². The summed E-state index contributed by atoms with van der Waals surface area (Å²) in [5.41, 5.74) is 14.2. The Balaban J connectivity index is 1.60. The highest BCUT2D eigenvalue weighted by molar-refractivity contribution is 6.35. The van der Waals surface area contributed by atoms with Gasteiger partial charge in [0.15, 0.2) is 12.0 Å². The largest absolute Gasteiger partial charge is 0.458 e. The molecular weight excluding hydrogens is 493 g/mol. The van der Waals surface area contributed by atoms with E-state index < -0.39 is 18.2 Å². The zero-order valence-electron chi connectivity index (χ0n) is 18.5. The molecule has 5 rings (SSSR count). The van der Waals surface area contributed by atoms with Gasteiger partial charge in [0, 0.05) is 35.5 Å². The molecule has 0 bridgehead atoms. The van der Waals surface area contributed by atoms with E-state index in [0.29, 0.717) is 36.9 Å². The monoisotopic (exact) mass is 515 g/mol. The van der Waals surface area contributed by atoms with Gasteiger partial charge in [-0.05, 0) is 17.7 Å². The predicted molar refractivity (Wildman–Crippen MR) is 128 cm³/mol. The van der Waals surface area contributed by atoms with E-state index in [-0.39, 0.29) is 34.2 Å². The first-order chi connectivity index (χ1) is 17.0. The van der Waals surface area contributed by atoms with Crippen molar-refractivity contribution in [3.8, 4) is 11.8 Å². The van der Waals surface area contributed by atoms with Crippen LogP contribution in [0.15, 0.2) is 53.9 Å². The molecule has 1 amide bonds. The predicted octanol–water partition coefficient (Wildman–Crippen LogP) is 3.42. The topological polar surface area (TPSA) is 122 Å². The average molecular weight is 516 g/mol. The van der Waals surface area contributed by atoms with Crippen LogP contribution in [0.2, 0.25) is 10.0 Å². The molecule has 9 nitrogen and oxygen atoms in total. The van der Waals surface area contributed by atoms with Gasteiger partial charge in [-0.3, -0.25) is 0 Å². The molecular formula is C24H23Cl2N5O4. The summed E-state index contributed by atoms with van der Waals surface area (Å²) in [6.07, 6.45) is -1.11. The minimum absolute atomic E-state index is 0.0108. The van der Waals surface area contributed by atoms with Crippen LogP contribution in [0, 0.1) is 17.2 Å². The van der Waals surface area contributed by atoms with Crippen LogP contribution in [0.1, 0.15) is 23.1 Å². The molecule has 35 heavy (non-hydrogen) atoms. The summed E-state index contributed by atoms with van der Waals surface area (Å²) in [6.45, 7) is 1.66. The van der Waals surface area contributed by atoms with Crippen molar-refractivity contribution in [1.29, 1.82) is 5.26 Å². The Labute approximate surface area is 212 Å². The number of nitrogens with one attached hydrogen (secondary N) is 2. The third-order valence-corrected chi connectivity index (χ3v) is 6.94. The number of carbonyl (C=O) groups is 1. The van der Waals surface area contributed by atoms with E-state index in [9.17, 15) is 10.1 Å². The van der Waals surface area contributed by atoms with Crippen molar-refractivity contribution in [2.45, 2.75) is 18.2 Å². The van der Waals surface area contributed by atoms with Crippen LogP contribution >= 0.6 is 23.2 Å². The first kappa shape index (κ1) is 23.7. The second-order valence-electron chi connectivity index (χ2n) is 8.43.